The van der Waals surface area contributed by atoms with Crippen LogP contribution in [0.2, 0.25) is 0 Å². The number of piperazine rings is 1. The molecule has 0 radical (unpaired) electrons. The van der Waals surface area contributed by atoms with Gasteiger partial charge in [0.05, 0.1) is 5.52 Å². The van der Waals surface area contributed by atoms with E-state index in [1.54, 1.807) is 0 Å². The van der Waals surface area contributed by atoms with Gasteiger partial charge in [-0.3, -0.25) is 9.88 Å². The zero-order valence-corrected chi connectivity index (χ0v) is 12.9. The van der Waals surface area contributed by atoms with Crippen LogP contribution in [-0.2, 0) is 6.54 Å². The molecule has 108 valence electrons. The van der Waals surface area contributed by atoms with Gasteiger partial charge in [0.2, 0.25) is 0 Å². The Balaban J connectivity index is 0.00000147. The Morgan fingerprint density at radius 3 is 2.60 bits per heavy atom. The Bertz CT molecular complexity index is 557. The molecule has 0 spiro atoms. The molecule has 1 aromatic heterocycles. The number of hydrogen-bond acceptors (Lipinski definition) is 3. The van der Waals surface area contributed by atoms with Gasteiger partial charge in [-0.2, -0.15) is 0 Å². The van der Waals surface area contributed by atoms with Gasteiger partial charge < -0.3 is 5.32 Å². The van der Waals surface area contributed by atoms with Crippen molar-refractivity contribution in [3.63, 3.8) is 0 Å². The molecule has 1 aliphatic rings. The van der Waals surface area contributed by atoms with E-state index < -0.39 is 0 Å². The lowest BCUT2D eigenvalue weighted by molar-refractivity contribution is 0.167. The van der Waals surface area contributed by atoms with E-state index in [0.29, 0.717) is 12.1 Å². The van der Waals surface area contributed by atoms with E-state index in [0.717, 1.165) is 25.2 Å². The van der Waals surface area contributed by atoms with Crippen molar-refractivity contribution in [1.82, 2.24) is 15.2 Å². The predicted molar refractivity (Wildman–Crippen MR) is 86.3 cm³/mol. The molecule has 0 aliphatic carbocycles. The number of rotatable bonds is 2. The highest BCUT2D eigenvalue weighted by Gasteiger charge is 2.21. The van der Waals surface area contributed by atoms with E-state index in [-0.39, 0.29) is 12.4 Å². The fraction of sp³-hybridized carbons (Fsp3) is 0.438. The van der Waals surface area contributed by atoms with Crippen LogP contribution in [0.3, 0.4) is 0 Å². The molecule has 2 aromatic rings. The summed E-state index contributed by atoms with van der Waals surface area (Å²) >= 11 is 0. The number of pyridine rings is 1. The lowest BCUT2D eigenvalue weighted by Gasteiger charge is -2.36. The van der Waals surface area contributed by atoms with E-state index in [9.17, 15) is 0 Å². The molecule has 2 unspecified atom stereocenters. The van der Waals surface area contributed by atoms with Gasteiger partial charge in [-0.1, -0.05) is 24.3 Å². The van der Waals surface area contributed by atoms with Gasteiger partial charge >= 0.3 is 0 Å². The Morgan fingerprint density at radius 2 is 1.85 bits per heavy atom. The second kappa shape index (κ2) is 6.53. The summed E-state index contributed by atoms with van der Waals surface area (Å²) in [6.45, 7) is 7.71. The standard InChI is InChI=1S/C16H21N3.ClH/c1-12-9-19(10-13(2)18-12)11-15-6-3-5-14-7-4-8-17-16(14)15;/h3-8,12-13,18H,9-11H2,1-2H3;1H. The Kier molecular flexibility index (Phi) is 4.97. The van der Waals surface area contributed by atoms with Crippen LogP contribution in [0.15, 0.2) is 36.5 Å². The SMILES string of the molecule is CC1CN(Cc2cccc3cccnc23)CC(C)N1.Cl. The Hall–Kier alpha value is -1.16. The van der Waals surface area contributed by atoms with Crippen LogP contribution in [-0.4, -0.2) is 35.1 Å². The minimum absolute atomic E-state index is 0. The van der Waals surface area contributed by atoms with Gasteiger partial charge in [0, 0.05) is 43.3 Å². The first-order chi connectivity index (χ1) is 9.22. The maximum Gasteiger partial charge on any atom is 0.0746 e. The lowest BCUT2D eigenvalue weighted by atomic mass is 10.1. The molecule has 1 aromatic carbocycles. The molecule has 4 heteroatoms. The first-order valence-electron chi connectivity index (χ1n) is 7.03. The molecule has 1 fully saturated rings. The van der Waals surface area contributed by atoms with Crippen molar-refractivity contribution < 1.29 is 0 Å². The van der Waals surface area contributed by atoms with Crippen molar-refractivity contribution in [2.45, 2.75) is 32.5 Å². The summed E-state index contributed by atoms with van der Waals surface area (Å²) in [6.07, 6.45) is 1.88. The first-order valence-corrected chi connectivity index (χ1v) is 7.03. The van der Waals surface area contributed by atoms with Gasteiger partial charge in [-0.15, -0.1) is 12.4 Å². The maximum atomic E-state index is 4.54. The number of aromatic nitrogens is 1. The van der Waals surface area contributed by atoms with Crippen molar-refractivity contribution in [3.8, 4) is 0 Å². The number of hydrogen-bond donors (Lipinski definition) is 1. The van der Waals surface area contributed by atoms with Crippen LogP contribution in [0, 0.1) is 0 Å². The molecule has 1 saturated heterocycles. The van der Waals surface area contributed by atoms with Gasteiger partial charge in [-0.25, -0.2) is 0 Å². The van der Waals surface area contributed by atoms with Crippen LogP contribution in [0.25, 0.3) is 10.9 Å². The van der Waals surface area contributed by atoms with Crippen LogP contribution >= 0.6 is 12.4 Å². The Morgan fingerprint density at radius 1 is 1.15 bits per heavy atom. The highest BCUT2D eigenvalue weighted by atomic mass is 35.5. The van der Waals surface area contributed by atoms with Gasteiger partial charge in [0.1, 0.15) is 0 Å². The number of nitrogens with zero attached hydrogens (tertiary/aromatic N) is 2. The lowest BCUT2D eigenvalue weighted by Crippen LogP contribution is -2.53. The molecule has 0 saturated carbocycles. The van der Waals surface area contributed by atoms with Crippen LogP contribution in [0.1, 0.15) is 19.4 Å². The number of fused-ring (bicyclic) bond motifs is 1. The average molecular weight is 292 g/mol. The summed E-state index contributed by atoms with van der Waals surface area (Å²) in [5.74, 6) is 0. The summed E-state index contributed by atoms with van der Waals surface area (Å²) in [6, 6.07) is 11.7. The van der Waals surface area contributed by atoms with E-state index in [2.05, 4.69) is 53.3 Å². The molecule has 3 nitrogen and oxygen atoms in total. The van der Waals surface area contributed by atoms with Crippen molar-refractivity contribution in [2.75, 3.05) is 13.1 Å². The second-order valence-corrected chi connectivity index (χ2v) is 5.66. The molecule has 2 heterocycles. The summed E-state index contributed by atoms with van der Waals surface area (Å²) in [4.78, 5) is 7.07. The quantitative estimate of drug-likeness (QED) is 0.922. The minimum atomic E-state index is 0. The largest absolute Gasteiger partial charge is 0.309 e. The molecular weight excluding hydrogens is 270 g/mol. The van der Waals surface area contributed by atoms with Crippen molar-refractivity contribution in [2.24, 2.45) is 0 Å². The maximum absolute atomic E-state index is 4.54. The molecule has 1 N–H and O–H groups in total. The van der Waals surface area contributed by atoms with Gasteiger partial charge in [0.15, 0.2) is 0 Å². The van der Waals surface area contributed by atoms with Crippen molar-refractivity contribution >= 4 is 23.3 Å². The third-order valence-corrected chi connectivity index (χ3v) is 3.74. The second-order valence-electron chi connectivity index (χ2n) is 5.66. The molecule has 1 aliphatic heterocycles. The zero-order chi connectivity index (χ0) is 13.2. The summed E-state index contributed by atoms with van der Waals surface area (Å²) in [5, 5.41) is 4.81. The molecular formula is C16H22ClN3. The predicted octanol–water partition coefficient (Wildman–Crippen LogP) is 2.84. The molecule has 2 atom stereocenters. The number of para-hydroxylation sites is 1. The van der Waals surface area contributed by atoms with Gasteiger partial charge in [-0.05, 0) is 25.5 Å². The average Bonchev–Trinajstić information content (AvgIpc) is 2.38. The first kappa shape index (κ1) is 15.2. The van der Waals surface area contributed by atoms with E-state index in [1.807, 2.05) is 12.3 Å². The highest BCUT2D eigenvalue weighted by molar-refractivity contribution is 5.85. The van der Waals surface area contributed by atoms with Crippen molar-refractivity contribution in [3.05, 3.63) is 42.1 Å². The van der Waals surface area contributed by atoms with Crippen LogP contribution < -0.4 is 5.32 Å². The molecule has 0 amide bonds. The highest BCUT2D eigenvalue weighted by Crippen LogP contribution is 2.18. The van der Waals surface area contributed by atoms with Gasteiger partial charge in [0.25, 0.3) is 0 Å². The molecule has 0 bridgehead atoms. The van der Waals surface area contributed by atoms with E-state index >= 15 is 0 Å². The van der Waals surface area contributed by atoms with Crippen LogP contribution in [0.5, 0.6) is 0 Å². The summed E-state index contributed by atoms with van der Waals surface area (Å²) in [5.41, 5.74) is 2.48. The minimum Gasteiger partial charge on any atom is -0.309 e. The normalized spacial score (nSPS) is 23.5. The fourth-order valence-corrected chi connectivity index (χ4v) is 3.11. The summed E-state index contributed by atoms with van der Waals surface area (Å²) < 4.78 is 0. The third-order valence-electron chi connectivity index (χ3n) is 3.74. The molecule has 3 rings (SSSR count). The number of nitrogens with one attached hydrogen (secondary N) is 1. The third kappa shape index (κ3) is 3.29. The number of benzene rings is 1. The van der Waals surface area contributed by atoms with Crippen molar-refractivity contribution in [1.29, 1.82) is 0 Å². The topological polar surface area (TPSA) is 28.2 Å². The number of halogens is 1. The fourth-order valence-electron chi connectivity index (χ4n) is 3.11. The summed E-state index contributed by atoms with van der Waals surface area (Å²) in [7, 11) is 0. The molecule has 20 heavy (non-hydrogen) atoms. The van der Waals surface area contributed by atoms with Crippen LogP contribution in [0.4, 0.5) is 0 Å². The zero-order valence-electron chi connectivity index (χ0n) is 12.0. The van der Waals surface area contributed by atoms with E-state index in [4.69, 9.17) is 0 Å². The smallest absolute Gasteiger partial charge is 0.0746 e. The monoisotopic (exact) mass is 291 g/mol. The van der Waals surface area contributed by atoms with E-state index in [1.165, 1.54) is 10.9 Å². The Labute approximate surface area is 126 Å².